The summed E-state index contributed by atoms with van der Waals surface area (Å²) < 4.78 is 69.2. The molecule has 1 saturated heterocycles. The summed E-state index contributed by atoms with van der Waals surface area (Å²) in [6.45, 7) is 0.548. The van der Waals surface area contributed by atoms with Crippen LogP contribution in [0.15, 0.2) is 41.5 Å². The van der Waals surface area contributed by atoms with Gasteiger partial charge in [0.15, 0.2) is 0 Å². The highest BCUT2D eigenvalue weighted by atomic mass is 19.4. The predicted molar refractivity (Wildman–Crippen MR) is 120 cm³/mol. The molecule has 1 aliphatic rings. The Hall–Kier alpha value is -4.07. The molecule has 3 amide bonds. The van der Waals surface area contributed by atoms with Crippen molar-refractivity contribution in [3.8, 4) is 11.1 Å². The number of imide groups is 1. The van der Waals surface area contributed by atoms with Crippen LogP contribution in [0.5, 0.6) is 0 Å². The molecule has 9 nitrogen and oxygen atoms in total. The first-order chi connectivity index (χ1) is 17.3. The van der Waals surface area contributed by atoms with Crippen LogP contribution in [0.2, 0.25) is 0 Å². The number of hydrogen-bond acceptors (Lipinski definition) is 5. The molecule has 4 rings (SSSR count). The van der Waals surface area contributed by atoms with E-state index in [9.17, 15) is 41.1 Å². The topological polar surface area (TPSA) is 111 Å². The second kappa shape index (κ2) is 9.42. The molecule has 1 atom stereocenters. The van der Waals surface area contributed by atoms with Gasteiger partial charge in [0.1, 0.15) is 18.5 Å². The van der Waals surface area contributed by atoms with Crippen LogP contribution < -0.4 is 11.4 Å². The molecule has 37 heavy (non-hydrogen) atoms. The van der Waals surface area contributed by atoms with Gasteiger partial charge in [0.2, 0.25) is 11.8 Å². The molecule has 14 heteroatoms. The molecule has 0 bridgehead atoms. The highest BCUT2D eigenvalue weighted by Gasteiger charge is 2.35. The zero-order valence-electron chi connectivity index (χ0n) is 19.3. The average molecular weight is 525 g/mol. The molecule has 0 radical (unpaired) electrons. The maximum absolute atomic E-state index is 13.9. The Morgan fingerprint density at radius 3 is 2.49 bits per heavy atom. The van der Waals surface area contributed by atoms with E-state index < -0.39 is 53.7 Å². The first-order valence-electron chi connectivity index (χ1n) is 10.9. The minimum absolute atomic E-state index is 0.117. The minimum atomic E-state index is -5.05. The quantitative estimate of drug-likeness (QED) is 0.245. The number of aromatic nitrogens is 2. The molecule has 2 N–H and O–H groups in total. The normalized spacial score (nSPS) is 15.9. The summed E-state index contributed by atoms with van der Waals surface area (Å²) in [7, 11) is 0. The number of rotatable bonds is 3. The van der Waals surface area contributed by atoms with E-state index in [1.165, 1.54) is 17.2 Å². The van der Waals surface area contributed by atoms with Crippen molar-refractivity contribution in [2.75, 3.05) is 13.1 Å². The van der Waals surface area contributed by atoms with E-state index in [1.54, 1.807) is 0 Å². The van der Waals surface area contributed by atoms with Crippen molar-refractivity contribution >= 4 is 28.7 Å². The molecule has 1 fully saturated rings. The molecule has 0 aliphatic carbocycles. The van der Waals surface area contributed by atoms with Crippen LogP contribution >= 0.6 is 0 Å². The standard InChI is InChI=1S/C23H20F5N5O4/c1-12(34)33(29)22(37)32-10-15(13-2-3-17(25)16(8-13)23(26,27)28)20-18(32)5-7-31(21(20)36)11-19(35)30-6-4-14(24)9-30/h2-3,5,7-8,10,14H,4,6,9,11,29H2,1H3. The number of alkyl halides is 4. The number of fused-ring (bicyclic) bond motifs is 1. The number of nitrogens with zero attached hydrogens (tertiary/aromatic N) is 4. The Labute approximate surface area is 205 Å². The Balaban J connectivity index is 1.90. The number of likely N-dealkylation sites (tertiary alicyclic amines) is 1. The number of halogens is 5. The third kappa shape index (κ3) is 4.83. The van der Waals surface area contributed by atoms with Gasteiger partial charge < -0.3 is 9.47 Å². The van der Waals surface area contributed by atoms with Crippen molar-refractivity contribution in [2.24, 2.45) is 5.84 Å². The van der Waals surface area contributed by atoms with Gasteiger partial charge in [0.05, 0.1) is 23.0 Å². The van der Waals surface area contributed by atoms with E-state index in [0.717, 1.165) is 28.3 Å². The third-order valence-electron chi connectivity index (χ3n) is 6.05. The summed E-state index contributed by atoms with van der Waals surface area (Å²) in [5.41, 5.74) is -3.01. The summed E-state index contributed by atoms with van der Waals surface area (Å²) in [5.74, 6) is 2.55. The molecule has 1 unspecified atom stereocenters. The molecule has 1 aromatic carbocycles. The number of amides is 3. The van der Waals surface area contributed by atoms with Crippen LogP contribution in [-0.2, 0) is 22.3 Å². The van der Waals surface area contributed by atoms with Crippen LogP contribution in [0.25, 0.3) is 22.0 Å². The van der Waals surface area contributed by atoms with Gasteiger partial charge >= 0.3 is 12.2 Å². The number of hydrazine groups is 1. The number of pyridine rings is 1. The van der Waals surface area contributed by atoms with Gasteiger partial charge in [0.25, 0.3) is 5.56 Å². The summed E-state index contributed by atoms with van der Waals surface area (Å²) in [4.78, 5) is 51.7. The lowest BCUT2D eigenvalue weighted by Gasteiger charge is -2.16. The van der Waals surface area contributed by atoms with E-state index in [0.29, 0.717) is 12.1 Å². The van der Waals surface area contributed by atoms with Crippen LogP contribution in [0.4, 0.5) is 26.7 Å². The van der Waals surface area contributed by atoms with Crippen molar-refractivity contribution in [3.05, 3.63) is 58.4 Å². The summed E-state index contributed by atoms with van der Waals surface area (Å²) in [5, 5.41) is -0.0321. The molecule has 3 aromatic rings. The van der Waals surface area contributed by atoms with Crippen LogP contribution in [0.3, 0.4) is 0 Å². The zero-order valence-corrected chi connectivity index (χ0v) is 19.3. The number of nitrogens with two attached hydrogens (primary N) is 1. The lowest BCUT2D eigenvalue weighted by atomic mass is 10.0. The highest BCUT2D eigenvalue weighted by Crippen LogP contribution is 2.36. The minimum Gasteiger partial charge on any atom is -0.338 e. The van der Waals surface area contributed by atoms with Crippen LogP contribution in [0.1, 0.15) is 18.9 Å². The number of carbonyl (C=O) groups is 3. The lowest BCUT2D eigenvalue weighted by Crippen LogP contribution is -2.43. The van der Waals surface area contributed by atoms with Gasteiger partial charge in [-0.3, -0.25) is 19.0 Å². The third-order valence-corrected chi connectivity index (χ3v) is 6.05. The molecule has 196 valence electrons. The lowest BCUT2D eigenvalue weighted by molar-refractivity contribution is -0.140. The van der Waals surface area contributed by atoms with Gasteiger partial charge in [-0.2, -0.15) is 18.2 Å². The first kappa shape index (κ1) is 26.0. The van der Waals surface area contributed by atoms with Crippen molar-refractivity contribution < 1.29 is 36.3 Å². The largest absolute Gasteiger partial charge is 0.419 e. The average Bonchev–Trinajstić information content (AvgIpc) is 3.43. The molecule has 0 saturated carbocycles. The van der Waals surface area contributed by atoms with Gasteiger partial charge in [-0.25, -0.2) is 19.4 Å². The number of benzene rings is 1. The Morgan fingerprint density at radius 1 is 1.19 bits per heavy atom. The summed E-state index contributed by atoms with van der Waals surface area (Å²) >= 11 is 0. The molecule has 3 heterocycles. The van der Waals surface area contributed by atoms with Crippen LogP contribution in [0, 0.1) is 5.82 Å². The Morgan fingerprint density at radius 2 is 1.89 bits per heavy atom. The second-order valence-corrected chi connectivity index (χ2v) is 8.51. The Bertz CT molecular complexity index is 1480. The van der Waals surface area contributed by atoms with E-state index in [2.05, 4.69) is 0 Å². The van der Waals surface area contributed by atoms with Crippen molar-refractivity contribution in [3.63, 3.8) is 0 Å². The van der Waals surface area contributed by atoms with Gasteiger partial charge in [-0.15, -0.1) is 0 Å². The van der Waals surface area contributed by atoms with E-state index in [1.807, 2.05) is 0 Å². The summed E-state index contributed by atoms with van der Waals surface area (Å²) in [6.07, 6.45) is -3.89. The van der Waals surface area contributed by atoms with Crippen LogP contribution in [-0.4, -0.2) is 56.1 Å². The maximum atomic E-state index is 13.9. The first-order valence-corrected chi connectivity index (χ1v) is 10.9. The van der Waals surface area contributed by atoms with Gasteiger partial charge in [0, 0.05) is 31.4 Å². The molecule has 1 aliphatic heterocycles. The van der Waals surface area contributed by atoms with Gasteiger partial charge in [-0.1, -0.05) is 6.07 Å². The SMILES string of the molecule is CC(=O)N(N)C(=O)n1cc(-c2ccc(F)c(C(F)(F)F)c2)c2c(=O)n(CC(=O)N3CCC(F)C3)ccc21. The number of hydrogen-bond donors (Lipinski definition) is 1. The predicted octanol–water partition coefficient (Wildman–Crippen LogP) is 2.89. The fourth-order valence-electron chi connectivity index (χ4n) is 4.13. The van der Waals surface area contributed by atoms with E-state index in [-0.39, 0.29) is 46.5 Å². The number of carbonyl (C=O) groups excluding carboxylic acids is 3. The molecular formula is C23H20F5N5O4. The molecule has 2 aromatic heterocycles. The van der Waals surface area contributed by atoms with E-state index >= 15 is 0 Å². The summed E-state index contributed by atoms with van der Waals surface area (Å²) in [6, 6.07) is 2.18. The Kier molecular flexibility index (Phi) is 6.62. The molecular weight excluding hydrogens is 505 g/mol. The fourth-order valence-corrected chi connectivity index (χ4v) is 4.13. The monoisotopic (exact) mass is 525 g/mol. The van der Waals surface area contributed by atoms with E-state index in [4.69, 9.17) is 5.84 Å². The van der Waals surface area contributed by atoms with Gasteiger partial charge in [-0.05, 0) is 30.2 Å². The van der Waals surface area contributed by atoms with Crippen molar-refractivity contribution in [1.82, 2.24) is 19.0 Å². The van der Waals surface area contributed by atoms with Crippen molar-refractivity contribution in [2.45, 2.75) is 32.2 Å². The molecule has 0 spiro atoms. The smallest absolute Gasteiger partial charge is 0.338 e. The van der Waals surface area contributed by atoms with Crippen molar-refractivity contribution in [1.29, 1.82) is 0 Å². The maximum Gasteiger partial charge on any atom is 0.419 e. The second-order valence-electron chi connectivity index (χ2n) is 8.51. The highest BCUT2D eigenvalue weighted by molar-refractivity contribution is 6.04. The fraction of sp³-hybridized carbons (Fsp3) is 0.304. The zero-order chi connectivity index (χ0) is 27.2.